The Morgan fingerprint density at radius 3 is 2.32 bits per heavy atom. The van der Waals surface area contributed by atoms with Crippen LogP contribution in [0.3, 0.4) is 0 Å². The highest BCUT2D eigenvalue weighted by Gasteiger charge is 2.11. The van der Waals surface area contributed by atoms with E-state index in [0.717, 1.165) is 11.1 Å². The van der Waals surface area contributed by atoms with Crippen LogP contribution in [0, 0.1) is 6.92 Å². The first kappa shape index (κ1) is 15.7. The summed E-state index contributed by atoms with van der Waals surface area (Å²) in [6.45, 7) is 3.65. The summed E-state index contributed by atoms with van der Waals surface area (Å²) in [5, 5.41) is 0. The van der Waals surface area contributed by atoms with Crippen LogP contribution in [-0.2, 0) is 16.1 Å². The van der Waals surface area contributed by atoms with E-state index in [1.807, 2.05) is 49.4 Å². The zero-order valence-electron chi connectivity index (χ0n) is 12.7. The fraction of sp³-hybridized carbons (Fsp3) is 0.158. The molecular weight excluding hydrogens is 276 g/mol. The molecule has 112 valence electrons. The smallest absolute Gasteiger partial charge is 0.334 e. The molecule has 2 aromatic rings. The molecule has 0 spiro atoms. The third kappa shape index (κ3) is 4.16. The van der Waals surface area contributed by atoms with Crippen LogP contribution in [0.1, 0.15) is 28.4 Å². The molecule has 0 saturated heterocycles. The molecule has 22 heavy (non-hydrogen) atoms. The van der Waals surface area contributed by atoms with Gasteiger partial charge in [0.2, 0.25) is 0 Å². The predicted molar refractivity (Wildman–Crippen MR) is 85.5 cm³/mol. The third-order valence-corrected chi connectivity index (χ3v) is 3.29. The molecule has 3 nitrogen and oxygen atoms in total. The molecule has 0 radical (unpaired) electrons. The Labute approximate surface area is 130 Å². The molecule has 0 aromatic heterocycles. The fourth-order valence-corrected chi connectivity index (χ4v) is 2.02. The highest BCUT2D eigenvalue weighted by molar-refractivity contribution is 6.09. The minimum Gasteiger partial charge on any atom is -0.457 e. The normalized spacial score (nSPS) is 11.1. The number of rotatable bonds is 5. The Bertz CT molecular complexity index is 700. The van der Waals surface area contributed by atoms with Gasteiger partial charge in [-0.15, -0.1) is 0 Å². The Morgan fingerprint density at radius 1 is 1.00 bits per heavy atom. The molecule has 0 heterocycles. The number of hydrogen-bond acceptors (Lipinski definition) is 3. The number of allylic oxidation sites excluding steroid dienone is 1. The quantitative estimate of drug-likeness (QED) is 0.477. The van der Waals surface area contributed by atoms with E-state index in [4.69, 9.17) is 4.74 Å². The first-order chi connectivity index (χ1) is 10.6. The number of ketones is 1. The SMILES string of the molecule is C/C(=C\C(=O)c1ccccc1C)C(=O)OCc1ccccc1. The average molecular weight is 294 g/mol. The second-order valence-corrected chi connectivity index (χ2v) is 5.07. The minimum absolute atomic E-state index is 0.188. The van der Waals surface area contributed by atoms with Gasteiger partial charge in [-0.25, -0.2) is 4.79 Å². The van der Waals surface area contributed by atoms with Gasteiger partial charge < -0.3 is 4.74 Å². The maximum absolute atomic E-state index is 12.2. The maximum atomic E-state index is 12.2. The van der Waals surface area contributed by atoms with Crippen LogP contribution in [0.5, 0.6) is 0 Å². The Hall–Kier alpha value is -2.68. The van der Waals surface area contributed by atoms with Gasteiger partial charge in [0.15, 0.2) is 5.78 Å². The van der Waals surface area contributed by atoms with Crippen molar-refractivity contribution in [3.8, 4) is 0 Å². The molecule has 0 unspecified atom stereocenters. The second-order valence-electron chi connectivity index (χ2n) is 5.07. The molecule has 2 aromatic carbocycles. The summed E-state index contributed by atoms with van der Waals surface area (Å²) in [6.07, 6.45) is 1.33. The molecule has 0 N–H and O–H groups in total. The summed E-state index contributed by atoms with van der Waals surface area (Å²) in [5.41, 5.74) is 2.69. The molecule has 3 heteroatoms. The summed E-state index contributed by atoms with van der Waals surface area (Å²) < 4.78 is 5.20. The Morgan fingerprint density at radius 2 is 1.64 bits per heavy atom. The van der Waals surface area contributed by atoms with Crippen molar-refractivity contribution in [3.05, 3.63) is 82.9 Å². The van der Waals surface area contributed by atoms with Crippen molar-refractivity contribution < 1.29 is 14.3 Å². The van der Waals surface area contributed by atoms with E-state index in [-0.39, 0.29) is 12.4 Å². The van der Waals surface area contributed by atoms with Gasteiger partial charge in [0.05, 0.1) is 0 Å². The van der Waals surface area contributed by atoms with Crippen LogP contribution in [0.15, 0.2) is 66.2 Å². The van der Waals surface area contributed by atoms with Crippen LogP contribution in [-0.4, -0.2) is 11.8 Å². The molecule has 0 atom stereocenters. The topological polar surface area (TPSA) is 43.4 Å². The summed E-state index contributed by atoms with van der Waals surface area (Å²) in [6, 6.07) is 16.7. The van der Waals surface area contributed by atoms with Gasteiger partial charge in [0.1, 0.15) is 6.61 Å². The molecule has 0 amide bonds. The van der Waals surface area contributed by atoms with Crippen LogP contribution in [0.25, 0.3) is 0 Å². The van der Waals surface area contributed by atoms with Crippen LogP contribution in [0.2, 0.25) is 0 Å². The van der Waals surface area contributed by atoms with Crippen molar-refractivity contribution in [1.82, 2.24) is 0 Å². The zero-order valence-corrected chi connectivity index (χ0v) is 12.7. The lowest BCUT2D eigenvalue weighted by Crippen LogP contribution is -2.08. The standard InChI is InChI=1S/C19H18O3/c1-14-8-6-7-11-17(14)18(20)12-15(2)19(21)22-13-16-9-4-3-5-10-16/h3-12H,13H2,1-2H3/b15-12+. The molecular formula is C19H18O3. The van der Waals surface area contributed by atoms with Crippen LogP contribution < -0.4 is 0 Å². The van der Waals surface area contributed by atoms with Crippen LogP contribution >= 0.6 is 0 Å². The molecule has 2 rings (SSSR count). The highest BCUT2D eigenvalue weighted by Crippen LogP contribution is 2.11. The molecule has 0 aliphatic heterocycles. The lowest BCUT2D eigenvalue weighted by Gasteiger charge is -2.05. The van der Waals surface area contributed by atoms with Gasteiger partial charge in [-0.3, -0.25) is 4.79 Å². The Balaban J connectivity index is 2.01. The lowest BCUT2D eigenvalue weighted by molar-refractivity contribution is -0.140. The van der Waals surface area contributed by atoms with Crippen LogP contribution in [0.4, 0.5) is 0 Å². The lowest BCUT2D eigenvalue weighted by atomic mass is 10.0. The van der Waals surface area contributed by atoms with E-state index in [2.05, 4.69) is 0 Å². The molecule has 0 aliphatic rings. The van der Waals surface area contributed by atoms with Gasteiger partial charge in [0, 0.05) is 11.1 Å². The predicted octanol–water partition coefficient (Wildman–Crippen LogP) is 3.87. The van der Waals surface area contributed by atoms with Crippen molar-refractivity contribution in [2.75, 3.05) is 0 Å². The minimum atomic E-state index is -0.481. The number of benzene rings is 2. The van der Waals surface area contributed by atoms with E-state index in [1.165, 1.54) is 6.08 Å². The van der Waals surface area contributed by atoms with Crippen molar-refractivity contribution >= 4 is 11.8 Å². The largest absolute Gasteiger partial charge is 0.457 e. The Kier molecular flexibility index (Phi) is 5.26. The van der Waals surface area contributed by atoms with Gasteiger partial charge in [0.25, 0.3) is 0 Å². The van der Waals surface area contributed by atoms with E-state index < -0.39 is 5.97 Å². The number of aryl methyl sites for hydroxylation is 1. The second kappa shape index (κ2) is 7.36. The summed E-state index contributed by atoms with van der Waals surface area (Å²) in [4.78, 5) is 24.1. The van der Waals surface area contributed by atoms with E-state index in [1.54, 1.807) is 19.1 Å². The number of carbonyl (C=O) groups is 2. The third-order valence-electron chi connectivity index (χ3n) is 3.29. The van der Waals surface area contributed by atoms with Crippen molar-refractivity contribution in [3.63, 3.8) is 0 Å². The van der Waals surface area contributed by atoms with Gasteiger partial charge in [-0.2, -0.15) is 0 Å². The first-order valence-corrected chi connectivity index (χ1v) is 7.07. The molecule has 0 aliphatic carbocycles. The number of esters is 1. The molecule has 0 saturated carbocycles. The van der Waals surface area contributed by atoms with E-state index in [0.29, 0.717) is 11.1 Å². The molecule has 0 bridgehead atoms. The van der Waals surface area contributed by atoms with Gasteiger partial charge in [-0.1, -0.05) is 54.6 Å². The van der Waals surface area contributed by atoms with E-state index in [9.17, 15) is 9.59 Å². The van der Waals surface area contributed by atoms with Gasteiger partial charge >= 0.3 is 5.97 Å². The number of ether oxygens (including phenoxy) is 1. The summed E-state index contributed by atoms with van der Waals surface area (Å²) >= 11 is 0. The number of carbonyl (C=O) groups excluding carboxylic acids is 2. The summed E-state index contributed by atoms with van der Waals surface area (Å²) in [7, 11) is 0. The number of hydrogen-bond donors (Lipinski definition) is 0. The monoisotopic (exact) mass is 294 g/mol. The van der Waals surface area contributed by atoms with Crippen molar-refractivity contribution in [2.45, 2.75) is 20.5 Å². The highest BCUT2D eigenvalue weighted by atomic mass is 16.5. The first-order valence-electron chi connectivity index (χ1n) is 7.07. The average Bonchev–Trinajstić information content (AvgIpc) is 2.53. The van der Waals surface area contributed by atoms with Crippen molar-refractivity contribution in [2.24, 2.45) is 0 Å². The fourth-order valence-electron chi connectivity index (χ4n) is 2.02. The van der Waals surface area contributed by atoms with Gasteiger partial charge in [-0.05, 0) is 31.1 Å². The maximum Gasteiger partial charge on any atom is 0.334 e. The molecule has 0 fully saturated rings. The van der Waals surface area contributed by atoms with E-state index >= 15 is 0 Å². The zero-order chi connectivity index (χ0) is 15.9. The summed E-state index contributed by atoms with van der Waals surface area (Å²) in [5.74, 6) is -0.668. The van der Waals surface area contributed by atoms with Crippen molar-refractivity contribution in [1.29, 1.82) is 0 Å².